The van der Waals surface area contributed by atoms with Gasteiger partial charge in [-0.25, -0.2) is 0 Å². The number of allylic oxidation sites excluding steroid dienone is 2. The molecule has 2 aromatic carbocycles. The van der Waals surface area contributed by atoms with Crippen molar-refractivity contribution in [3.63, 3.8) is 0 Å². The van der Waals surface area contributed by atoms with Gasteiger partial charge in [-0.05, 0) is 77.2 Å². The van der Waals surface area contributed by atoms with Gasteiger partial charge in [-0.3, -0.25) is 4.79 Å². The summed E-state index contributed by atoms with van der Waals surface area (Å²) in [5, 5.41) is 12.2. The van der Waals surface area contributed by atoms with E-state index in [0.717, 1.165) is 5.69 Å². The summed E-state index contributed by atoms with van der Waals surface area (Å²) in [5.74, 6) is -0.0625. The molecule has 5 heteroatoms. The molecule has 0 fully saturated rings. The van der Waals surface area contributed by atoms with Crippen LogP contribution in [0.15, 0.2) is 60.5 Å². The molecular formula is C26H24IrNO2S-. The van der Waals surface area contributed by atoms with E-state index < -0.39 is 0 Å². The molecule has 0 spiro atoms. The number of thiophene rings is 1. The molecular weight excluding hydrogens is 583 g/mol. The summed E-state index contributed by atoms with van der Waals surface area (Å²) in [4.78, 5) is 16.3. The summed E-state index contributed by atoms with van der Waals surface area (Å²) in [6.45, 7) is 2.85. The molecule has 1 aliphatic carbocycles. The Morgan fingerprint density at radius 1 is 1.10 bits per heavy atom. The Labute approximate surface area is 200 Å². The van der Waals surface area contributed by atoms with Crippen molar-refractivity contribution < 1.29 is 30.0 Å². The third kappa shape index (κ3) is 5.12. The Morgan fingerprint density at radius 2 is 1.87 bits per heavy atom. The number of pyridine rings is 1. The van der Waals surface area contributed by atoms with Crippen molar-refractivity contribution >= 4 is 38.0 Å². The zero-order valence-electron chi connectivity index (χ0n) is 17.6. The molecule has 1 radical (unpaired) electrons. The maximum atomic E-state index is 10.0. The number of carbonyl (C=O) groups excluding carboxylic acids is 1. The number of benzene rings is 2. The second-order valence-electron chi connectivity index (χ2n) is 7.58. The predicted molar refractivity (Wildman–Crippen MR) is 125 cm³/mol. The fourth-order valence-electron chi connectivity index (χ4n) is 4.02. The van der Waals surface area contributed by atoms with Crippen LogP contribution in [0.2, 0.25) is 0 Å². The molecule has 0 aliphatic heterocycles. The van der Waals surface area contributed by atoms with Crippen LogP contribution in [-0.2, 0) is 37.7 Å². The maximum absolute atomic E-state index is 10.0. The number of hydrogen-bond acceptors (Lipinski definition) is 4. The van der Waals surface area contributed by atoms with Gasteiger partial charge in [0.2, 0.25) is 0 Å². The van der Waals surface area contributed by atoms with Crippen molar-refractivity contribution in [1.82, 2.24) is 4.98 Å². The Bertz CT molecular complexity index is 1250. The van der Waals surface area contributed by atoms with Crippen molar-refractivity contribution in [3.8, 4) is 11.3 Å². The number of hydrogen-bond donors (Lipinski definition) is 1. The van der Waals surface area contributed by atoms with E-state index in [9.17, 15) is 4.79 Å². The fourth-order valence-corrected chi connectivity index (χ4v) is 5.40. The maximum Gasteiger partial charge on any atom is 0.155 e. The normalized spacial score (nSPS) is 13.2. The van der Waals surface area contributed by atoms with E-state index in [-0.39, 0.29) is 31.6 Å². The summed E-state index contributed by atoms with van der Waals surface area (Å²) in [6.07, 6.45) is 8.18. The van der Waals surface area contributed by atoms with Gasteiger partial charge >= 0.3 is 0 Å². The fraction of sp³-hybridized carbons (Fsp3) is 0.231. The number of carbonyl (C=O) groups is 1. The van der Waals surface area contributed by atoms with Crippen LogP contribution in [0.25, 0.3) is 32.1 Å². The summed E-state index contributed by atoms with van der Waals surface area (Å²) in [6, 6.07) is 18.4. The van der Waals surface area contributed by atoms with Gasteiger partial charge in [0.15, 0.2) is 5.78 Å². The topological polar surface area (TPSA) is 50.2 Å². The van der Waals surface area contributed by atoms with Crippen LogP contribution < -0.4 is 0 Å². The van der Waals surface area contributed by atoms with Gasteiger partial charge in [0.25, 0.3) is 0 Å². The smallest absolute Gasteiger partial charge is 0.155 e. The number of aryl methyl sites for hydroxylation is 2. The molecule has 4 aromatic rings. The first-order chi connectivity index (χ1) is 14.5. The number of aromatic nitrogens is 1. The number of aliphatic hydroxyl groups excluding tert-OH is 1. The third-order valence-corrected chi connectivity index (χ3v) is 6.56. The molecule has 0 unspecified atom stereocenters. The predicted octanol–water partition coefficient (Wildman–Crippen LogP) is 6.83. The molecule has 2 heterocycles. The standard InChI is InChI=1S/C21H16NS.C5H8O2.Ir/c1-2-7-15-14(6-1)12-13-22-20(15)18-10-5-9-17-16-8-3-4-11-19(16)23-21(17)18;1-4(6)3-5(2)7;/h1-2,5-7,9,12-13H,3-4,8,11H2;3,6H,1-2H3;/q-1;;/b;4-3-;. The minimum Gasteiger partial charge on any atom is -0.512 e. The molecule has 5 rings (SSSR count). The van der Waals surface area contributed by atoms with Crippen molar-refractivity contribution in [2.24, 2.45) is 0 Å². The van der Waals surface area contributed by atoms with Crippen molar-refractivity contribution in [2.75, 3.05) is 0 Å². The van der Waals surface area contributed by atoms with Gasteiger partial charge in [-0.15, -0.1) is 23.8 Å². The molecule has 2 aromatic heterocycles. The first-order valence-electron chi connectivity index (χ1n) is 10.2. The van der Waals surface area contributed by atoms with Crippen molar-refractivity contribution in [3.05, 3.63) is 77.0 Å². The number of aliphatic hydroxyl groups is 1. The quantitative estimate of drug-likeness (QED) is 0.155. The summed E-state index contributed by atoms with van der Waals surface area (Å²) in [5.41, 5.74) is 3.80. The Morgan fingerprint density at radius 3 is 2.61 bits per heavy atom. The summed E-state index contributed by atoms with van der Waals surface area (Å²) < 4.78 is 1.36. The van der Waals surface area contributed by atoms with E-state index in [2.05, 4.69) is 48.5 Å². The summed E-state index contributed by atoms with van der Waals surface area (Å²) >= 11 is 1.96. The molecule has 3 nitrogen and oxygen atoms in total. The van der Waals surface area contributed by atoms with Crippen LogP contribution in [0.3, 0.4) is 0 Å². The molecule has 0 saturated heterocycles. The van der Waals surface area contributed by atoms with Gasteiger partial charge < -0.3 is 10.1 Å². The van der Waals surface area contributed by atoms with Crippen LogP contribution in [0.5, 0.6) is 0 Å². The molecule has 0 atom stereocenters. The Balaban J connectivity index is 0.000000299. The van der Waals surface area contributed by atoms with E-state index >= 15 is 0 Å². The van der Waals surface area contributed by atoms with Gasteiger partial charge in [-0.1, -0.05) is 29.7 Å². The minimum absolute atomic E-state index is 0. The zero-order chi connectivity index (χ0) is 21.1. The number of nitrogens with zero attached hydrogens (tertiary/aromatic N) is 1. The van der Waals surface area contributed by atoms with Crippen LogP contribution in [-0.4, -0.2) is 15.9 Å². The first kappa shape index (κ1) is 23.3. The minimum atomic E-state index is -0.125. The summed E-state index contributed by atoms with van der Waals surface area (Å²) in [7, 11) is 0. The van der Waals surface area contributed by atoms with Crippen LogP contribution >= 0.6 is 11.3 Å². The van der Waals surface area contributed by atoms with Crippen LogP contribution in [0, 0.1) is 6.07 Å². The average Bonchev–Trinajstić information content (AvgIpc) is 3.12. The van der Waals surface area contributed by atoms with E-state index in [1.54, 1.807) is 10.4 Å². The molecule has 0 saturated carbocycles. The second kappa shape index (κ2) is 10.3. The van der Waals surface area contributed by atoms with Gasteiger partial charge in [-0.2, -0.15) is 11.3 Å². The molecule has 1 aliphatic rings. The van der Waals surface area contributed by atoms with Gasteiger partial charge in [0.1, 0.15) is 0 Å². The second-order valence-corrected chi connectivity index (χ2v) is 8.69. The SMILES string of the molecule is CC(=O)/C=C(/C)O.[Ir].[c-]1ccc2c3c(sc2c1-c1nccc2ccccc12)CCCC3. The number of fused-ring (bicyclic) bond motifs is 4. The molecule has 161 valence electrons. The number of rotatable bonds is 2. The number of ketones is 1. The average molecular weight is 607 g/mol. The molecule has 0 amide bonds. The monoisotopic (exact) mass is 607 g/mol. The Hall–Kier alpha value is -2.33. The van der Waals surface area contributed by atoms with Gasteiger partial charge in [0.05, 0.1) is 5.76 Å². The third-order valence-electron chi connectivity index (χ3n) is 5.24. The van der Waals surface area contributed by atoms with E-state index in [1.807, 2.05) is 17.5 Å². The van der Waals surface area contributed by atoms with E-state index in [1.165, 1.54) is 72.0 Å². The Kier molecular flexibility index (Phi) is 7.77. The van der Waals surface area contributed by atoms with E-state index in [0.29, 0.717) is 0 Å². The van der Waals surface area contributed by atoms with Gasteiger partial charge in [0, 0.05) is 32.4 Å². The zero-order valence-corrected chi connectivity index (χ0v) is 20.8. The van der Waals surface area contributed by atoms with E-state index in [4.69, 9.17) is 10.1 Å². The largest absolute Gasteiger partial charge is 0.512 e. The van der Waals surface area contributed by atoms with Crippen molar-refractivity contribution in [2.45, 2.75) is 39.5 Å². The van der Waals surface area contributed by atoms with Crippen molar-refractivity contribution in [1.29, 1.82) is 0 Å². The molecule has 0 bridgehead atoms. The first-order valence-corrected chi connectivity index (χ1v) is 11.0. The van der Waals surface area contributed by atoms with Crippen LogP contribution in [0.1, 0.15) is 37.1 Å². The molecule has 31 heavy (non-hydrogen) atoms. The van der Waals surface area contributed by atoms with Crippen LogP contribution in [0.4, 0.5) is 0 Å². The molecule has 1 N–H and O–H groups in total.